The summed E-state index contributed by atoms with van der Waals surface area (Å²) in [7, 11) is 0. The standard InChI is InChI=1S/C24H30N4O2S/c1-16-11-13-28(27-16)14-12-25-24(30)23-22(20-5-3-4-6-21(20)31-23)19-9-7-18(8-10-19)15-26-17(2)29/h3-6,11,13,18-19H,7-10,12,14-15H2,1-2H3,(H,25,30)(H,26,29). The van der Waals surface area contributed by atoms with Crippen molar-refractivity contribution >= 4 is 33.2 Å². The summed E-state index contributed by atoms with van der Waals surface area (Å²) in [5, 5.41) is 11.7. The number of nitrogens with one attached hydrogen (secondary N) is 2. The van der Waals surface area contributed by atoms with Gasteiger partial charge in [-0.2, -0.15) is 5.10 Å². The average molecular weight is 439 g/mol. The first-order chi connectivity index (χ1) is 15.0. The Balaban J connectivity index is 1.47. The predicted octanol–water partition coefficient (Wildman–Crippen LogP) is 4.25. The molecule has 1 saturated carbocycles. The van der Waals surface area contributed by atoms with E-state index in [9.17, 15) is 9.59 Å². The van der Waals surface area contributed by atoms with Crippen LogP contribution in [0, 0.1) is 12.8 Å². The van der Waals surface area contributed by atoms with Crippen molar-refractivity contribution in [1.29, 1.82) is 0 Å². The molecule has 0 radical (unpaired) electrons. The number of aryl methyl sites for hydroxylation is 1. The van der Waals surface area contributed by atoms with Crippen molar-refractivity contribution in [2.45, 2.75) is 52.0 Å². The molecule has 0 unspecified atom stereocenters. The van der Waals surface area contributed by atoms with Crippen LogP contribution in [-0.4, -0.2) is 34.7 Å². The fourth-order valence-corrected chi connectivity index (χ4v) is 5.74. The van der Waals surface area contributed by atoms with Gasteiger partial charge in [0.15, 0.2) is 0 Å². The van der Waals surface area contributed by atoms with Crippen molar-refractivity contribution in [2.24, 2.45) is 5.92 Å². The third kappa shape index (κ3) is 5.15. The summed E-state index contributed by atoms with van der Waals surface area (Å²) in [6.45, 7) is 5.50. The van der Waals surface area contributed by atoms with Crippen molar-refractivity contribution in [3.8, 4) is 0 Å². The lowest BCUT2D eigenvalue weighted by molar-refractivity contribution is -0.119. The average Bonchev–Trinajstić information content (AvgIpc) is 3.36. The first-order valence-corrected chi connectivity index (χ1v) is 11.9. The number of amides is 2. The van der Waals surface area contributed by atoms with Crippen molar-refractivity contribution in [2.75, 3.05) is 13.1 Å². The first-order valence-electron chi connectivity index (χ1n) is 11.1. The van der Waals surface area contributed by atoms with E-state index in [1.165, 1.54) is 15.6 Å². The smallest absolute Gasteiger partial charge is 0.261 e. The third-order valence-corrected chi connectivity index (χ3v) is 7.32. The summed E-state index contributed by atoms with van der Waals surface area (Å²) >= 11 is 1.60. The van der Waals surface area contributed by atoms with Gasteiger partial charge in [0, 0.05) is 30.9 Å². The Bertz CT molecular complexity index is 1060. The molecule has 2 N–H and O–H groups in total. The lowest BCUT2D eigenvalue weighted by atomic mass is 9.77. The molecular weight excluding hydrogens is 408 g/mol. The van der Waals surface area contributed by atoms with Gasteiger partial charge in [-0.05, 0) is 67.5 Å². The maximum atomic E-state index is 13.1. The molecule has 1 fully saturated rings. The minimum absolute atomic E-state index is 0.0143. The van der Waals surface area contributed by atoms with Gasteiger partial charge >= 0.3 is 0 Å². The van der Waals surface area contributed by atoms with Crippen LogP contribution in [0.2, 0.25) is 0 Å². The van der Waals surface area contributed by atoms with Crippen LogP contribution in [0.5, 0.6) is 0 Å². The Kier molecular flexibility index (Phi) is 6.70. The molecule has 2 amide bonds. The molecule has 0 saturated heterocycles. The number of carbonyl (C=O) groups excluding carboxylic acids is 2. The zero-order valence-corrected chi connectivity index (χ0v) is 19.0. The van der Waals surface area contributed by atoms with E-state index >= 15 is 0 Å². The Morgan fingerprint density at radius 2 is 1.90 bits per heavy atom. The van der Waals surface area contributed by atoms with Gasteiger partial charge in [-0.25, -0.2) is 0 Å². The van der Waals surface area contributed by atoms with Crippen molar-refractivity contribution in [3.63, 3.8) is 0 Å². The first kappa shape index (κ1) is 21.6. The molecule has 0 bridgehead atoms. The molecule has 7 heteroatoms. The van der Waals surface area contributed by atoms with Gasteiger partial charge in [-0.15, -0.1) is 11.3 Å². The van der Waals surface area contributed by atoms with Crippen LogP contribution in [0.4, 0.5) is 0 Å². The van der Waals surface area contributed by atoms with Crippen LogP contribution in [0.15, 0.2) is 36.5 Å². The van der Waals surface area contributed by atoms with Crippen LogP contribution in [0.1, 0.15) is 59.5 Å². The quantitative estimate of drug-likeness (QED) is 0.579. The SMILES string of the molecule is CC(=O)NCC1CCC(c2c(C(=O)NCCn3ccc(C)n3)sc3ccccc23)CC1. The van der Waals surface area contributed by atoms with E-state index < -0.39 is 0 Å². The van der Waals surface area contributed by atoms with Gasteiger partial charge < -0.3 is 10.6 Å². The lowest BCUT2D eigenvalue weighted by Crippen LogP contribution is -2.30. The van der Waals surface area contributed by atoms with E-state index in [4.69, 9.17) is 0 Å². The summed E-state index contributed by atoms with van der Waals surface area (Å²) in [4.78, 5) is 25.2. The molecule has 0 atom stereocenters. The molecule has 0 aliphatic heterocycles. The molecule has 2 heterocycles. The minimum atomic E-state index is 0.0143. The number of rotatable bonds is 7. The molecular formula is C24H30N4O2S. The Morgan fingerprint density at radius 3 is 2.61 bits per heavy atom. The topological polar surface area (TPSA) is 76.0 Å². The van der Waals surface area contributed by atoms with Crippen molar-refractivity contribution in [1.82, 2.24) is 20.4 Å². The van der Waals surface area contributed by atoms with E-state index in [2.05, 4.69) is 33.9 Å². The molecule has 1 aliphatic carbocycles. The minimum Gasteiger partial charge on any atom is -0.356 e. The summed E-state index contributed by atoms with van der Waals surface area (Å²) in [5.41, 5.74) is 2.19. The van der Waals surface area contributed by atoms with Gasteiger partial charge in [0.2, 0.25) is 5.91 Å². The predicted molar refractivity (Wildman–Crippen MR) is 125 cm³/mol. The summed E-state index contributed by atoms with van der Waals surface area (Å²) in [6.07, 6.45) is 6.20. The zero-order valence-electron chi connectivity index (χ0n) is 18.2. The van der Waals surface area contributed by atoms with Gasteiger partial charge in [-0.3, -0.25) is 14.3 Å². The number of hydrogen-bond acceptors (Lipinski definition) is 4. The zero-order chi connectivity index (χ0) is 21.8. The molecule has 2 aromatic heterocycles. The molecule has 31 heavy (non-hydrogen) atoms. The molecule has 1 aromatic carbocycles. The van der Waals surface area contributed by atoms with Gasteiger partial charge in [0.05, 0.1) is 17.1 Å². The van der Waals surface area contributed by atoms with Gasteiger partial charge in [0.25, 0.3) is 5.91 Å². The monoisotopic (exact) mass is 438 g/mol. The lowest BCUT2D eigenvalue weighted by Gasteiger charge is -2.29. The molecule has 6 nitrogen and oxygen atoms in total. The number of carbonyl (C=O) groups is 2. The molecule has 4 rings (SSSR count). The number of nitrogens with zero attached hydrogens (tertiary/aromatic N) is 2. The van der Waals surface area contributed by atoms with E-state index in [-0.39, 0.29) is 11.8 Å². The maximum Gasteiger partial charge on any atom is 0.261 e. The second kappa shape index (κ2) is 9.64. The highest BCUT2D eigenvalue weighted by Gasteiger charge is 2.29. The largest absolute Gasteiger partial charge is 0.356 e. The number of aromatic nitrogens is 2. The number of fused-ring (bicyclic) bond motifs is 1. The van der Waals surface area contributed by atoms with Crippen molar-refractivity contribution < 1.29 is 9.59 Å². The van der Waals surface area contributed by atoms with E-state index in [0.717, 1.165) is 42.8 Å². The molecule has 3 aromatic rings. The van der Waals surface area contributed by atoms with Crippen LogP contribution in [0.3, 0.4) is 0 Å². The van der Waals surface area contributed by atoms with E-state index in [0.29, 0.717) is 24.9 Å². The van der Waals surface area contributed by atoms with E-state index in [1.807, 2.05) is 29.9 Å². The highest BCUT2D eigenvalue weighted by atomic mass is 32.1. The molecule has 0 spiro atoms. The summed E-state index contributed by atoms with van der Waals surface area (Å²) in [5.74, 6) is 0.967. The number of thiophene rings is 1. The Labute approximate surface area is 187 Å². The van der Waals surface area contributed by atoms with Crippen LogP contribution < -0.4 is 10.6 Å². The summed E-state index contributed by atoms with van der Waals surface area (Å²) in [6, 6.07) is 10.3. The third-order valence-electron chi connectivity index (χ3n) is 6.14. The second-order valence-electron chi connectivity index (χ2n) is 8.47. The Morgan fingerprint density at radius 1 is 1.13 bits per heavy atom. The normalized spacial score (nSPS) is 18.8. The van der Waals surface area contributed by atoms with Gasteiger partial charge in [-0.1, -0.05) is 18.2 Å². The van der Waals surface area contributed by atoms with Crippen LogP contribution in [-0.2, 0) is 11.3 Å². The van der Waals surface area contributed by atoms with Gasteiger partial charge in [0.1, 0.15) is 0 Å². The van der Waals surface area contributed by atoms with E-state index in [1.54, 1.807) is 18.3 Å². The van der Waals surface area contributed by atoms with Crippen molar-refractivity contribution in [3.05, 3.63) is 52.7 Å². The highest BCUT2D eigenvalue weighted by molar-refractivity contribution is 7.21. The van der Waals surface area contributed by atoms with Crippen LogP contribution in [0.25, 0.3) is 10.1 Å². The van der Waals surface area contributed by atoms with Crippen LogP contribution >= 0.6 is 11.3 Å². The molecule has 164 valence electrons. The number of benzene rings is 1. The fraction of sp³-hybridized carbons (Fsp3) is 0.458. The Hall–Kier alpha value is -2.67. The highest BCUT2D eigenvalue weighted by Crippen LogP contribution is 2.43. The second-order valence-corrected chi connectivity index (χ2v) is 9.52. The maximum absolute atomic E-state index is 13.1. The summed E-state index contributed by atoms with van der Waals surface area (Å²) < 4.78 is 3.03. The fourth-order valence-electron chi connectivity index (χ4n) is 4.53. The molecule has 1 aliphatic rings. The number of hydrogen-bond donors (Lipinski definition) is 2.